The van der Waals surface area contributed by atoms with Gasteiger partial charge in [-0.2, -0.15) is 4.31 Å². The quantitative estimate of drug-likeness (QED) is 0.209. The average Bonchev–Trinajstić information content (AvgIpc) is 2.88. The molecular formula is C27H25Cl3N4O3S. The van der Waals surface area contributed by atoms with Crippen LogP contribution in [0, 0.1) is 0 Å². The van der Waals surface area contributed by atoms with Crippen molar-refractivity contribution in [2.75, 3.05) is 25.0 Å². The van der Waals surface area contributed by atoms with Crippen molar-refractivity contribution in [1.82, 2.24) is 14.6 Å². The van der Waals surface area contributed by atoms with E-state index in [1.54, 1.807) is 36.5 Å². The van der Waals surface area contributed by atoms with E-state index >= 15 is 0 Å². The predicted molar refractivity (Wildman–Crippen MR) is 153 cm³/mol. The first-order valence-electron chi connectivity index (χ1n) is 11.8. The number of amides is 1. The lowest BCUT2D eigenvalue weighted by atomic mass is 10.2. The summed E-state index contributed by atoms with van der Waals surface area (Å²) in [4.78, 5) is 17.2. The number of aromatic nitrogens is 1. The number of nitrogens with zero attached hydrogens (tertiary/aromatic N) is 2. The number of rotatable bonds is 11. The molecular weight excluding hydrogens is 567 g/mol. The Kier molecular flexibility index (Phi) is 9.46. The average molecular weight is 592 g/mol. The van der Waals surface area contributed by atoms with E-state index in [1.165, 1.54) is 24.3 Å². The highest BCUT2D eigenvalue weighted by Crippen LogP contribution is 2.24. The Labute approximate surface area is 236 Å². The molecule has 0 radical (unpaired) electrons. The smallest absolute Gasteiger partial charge is 0.243 e. The highest BCUT2D eigenvalue weighted by Gasteiger charge is 2.27. The fourth-order valence-electron chi connectivity index (χ4n) is 3.85. The molecule has 1 aromatic heterocycles. The van der Waals surface area contributed by atoms with E-state index in [9.17, 15) is 13.2 Å². The summed E-state index contributed by atoms with van der Waals surface area (Å²) < 4.78 is 27.9. The molecule has 7 nitrogen and oxygen atoms in total. The summed E-state index contributed by atoms with van der Waals surface area (Å²) in [5.41, 5.74) is 2.37. The third kappa shape index (κ3) is 7.36. The van der Waals surface area contributed by atoms with Gasteiger partial charge in [-0.1, -0.05) is 46.9 Å². The summed E-state index contributed by atoms with van der Waals surface area (Å²) >= 11 is 18.1. The number of nitrogens with one attached hydrogen (secondary N) is 2. The van der Waals surface area contributed by atoms with Crippen molar-refractivity contribution in [2.45, 2.75) is 17.9 Å². The summed E-state index contributed by atoms with van der Waals surface area (Å²) in [7, 11) is -3.98. The van der Waals surface area contributed by atoms with Crippen LogP contribution in [0.4, 0.5) is 5.69 Å². The topological polar surface area (TPSA) is 91.4 Å². The molecule has 0 spiro atoms. The SMILES string of the molecule is O=C(CN(Cc1cccc(Cl)c1)S(=O)(=O)c1ccc(Cl)cc1)NCCCNc1ccnc2cc(Cl)ccc12. The Balaban J connectivity index is 1.36. The number of sulfonamides is 1. The van der Waals surface area contributed by atoms with Crippen molar-refractivity contribution in [3.8, 4) is 0 Å². The van der Waals surface area contributed by atoms with E-state index in [1.807, 2.05) is 18.2 Å². The van der Waals surface area contributed by atoms with Gasteiger partial charge in [-0.05, 0) is 72.6 Å². The highest BCUT2D eigenvalue weighted by molar-refractivity contribution is 7.89. The third-order valence-electron chi connectivity index (χ3n) is 5.72. The van der Waals surface area contributed by atoms with Crippen molar-refractivity contribution >= 4 is 67.3 Å². The second-order valence-corrected chi connectivity index (χ2v) is 11.8. The molecule has 0 saturated carbocycles. The van der Waals surface area contributed by atoms with Crippen molar-refractivity contribution < 1.29 is 13.2 Å². The van der Waals surface area contributed by atoms with Gasteiger partial charge < -0.3 is 10.6 Å². The molecule has 38 heavy (non-hydrogen) atoms. The largest absolute Gasteiger partial charge is 0.384 e. The van der Waals surface area contributed by atoms with Crippen LogP contribution in [0.3, 0.4) is 0 Å². The van der Waals surface area contributed by atoms with E-state index in [2.05, 4.69) is 15.6 Å². The van der Waals surface area contributed by atoms with Gasteiger partial charge in [-0.15, -0.1) is 0 Å². The Morgan fingerprint density at radius 1 is 0.868 bits per heavy atom. The van der Waals surface area contributed by atoms with E-state index in [0.717, 1.165) is 20.9 Å². The van der Waals surface area contributed by atoms with Gasteiger partial charge in [0.05, 0.1) is 17.0 Å². The molecule has 3 aromatic carbocycles. The van der Waals surface area contributed by atoms with Crippen LogP contribution in [0.5, 0.6) is 0 Å². The van der Waals surface area contributed by atoms with E-state index < -0.39 is 15.9 Å². The van der Waals surface area contributed by atoms with Crippen LogP contribution in [0.2, 0.25) is 15.1 Å². The van der Waals surface area contributed by atoms with Crippen molar-refractivity contribution in [3.05, 3.63) is 99.6 Å². The molecule has 0 aliphatic rings. The molecule has 1 heterocycles. The summed E-state index contributed by atoms with van der Waals surface area (Å²) in [5.74, 6) is -0.409. The Morgan fingerprint density at radius 2 is 1.61 bits per heavy atom. The lowest BCUT2D eigenvalue weighted by Gasteiger charge is -2.22. The number of benzene rings is 3. The highest BCUT2D eigenvalue weighted by atomic mass is 35.5. The Bertz CT molecular complexity index is 1530. The summed E-state index contributed by atoms with van der Waals surface area (Å²) in [6.07, 6.45) is 2.33. The van der Waals surface area contributed by atoms with Crippen LogP contribution >= 0.6 is 34.8 Å². The molecule has 2 N–H and O–H groups in total. The van der Waals surface area contributed by atoms with Crippen molar-refractivity contribution in [3.63, 3.8) is 0 Å². The normalized spacial score (nSPS) is 11.6. The molecule has 11 heteroatoms. The minimum absolute atomic E-state index is 0.0143. The molecule has 0 bridgehead atoms. The van der Waals surface area contributed by atoms with Gasteiger partial charge in [-0.25, -0.2) is 8.42 Å². The molecule has 1 amide bonds. The summed E-state index contributed by atoms with van der Waals surface area (Å²) in [5, 5.41) is 8.62. The number of hydrogen-bond acceptors (Lipinski definition) is 5. The minimum atomic E-state index is -3.98. The molecule has 0 saturated heterocycles. The second-order valence-electron chi connectivity index (χ2n) is 8.51. The monoisotopic (exact) mass is 590 g/mol. The molecule has 0 aliphatic heterocycles. The van der Waals surface area contributed by atoms with Crippen LogP contribution in [-0.4, -0.2) is 43.2 Å². The molecule has 0 fully saturated rings. The third-order valence-corrected chi connectivity index (χ3v) is 8.24. The maximum absolute atomic E-state index is 13.4. The number of hydrogen-bond donors (Lipinski definition) is 2. The predicted octanol–water partition coefficient (Wildman–Crippen LogP) is 6.00. The summed E-state index contributed by atoms with van der Waals surface area (Å²) in [6, 6.07) is 20.1. The van der Waals surface area contributed by atoms with Crippen molar-refractivity contribution in [2.24, 2.45) is 0 Å². The molecule has 0 unspecified atom stereocenters. The lowest BCUT2D eigenvalue weighted by molar-refractivity contribution is -0.121. The van der Waals surface area contributed by atoms with E-state index in [4.69, 9.17) is 34.8 Å². The van der Waals surface area contributed by atoms with Crippen LogP contribution in [-0.2, 0) is 21.4 Å². The minimum Gasteiger partial charge on any atom is -0.384 e. The Hall–Kier alpha value is -2.88. The van der Waals surface area contributed by atoms with Crippen LogP contribution in [0.1, 0.15) is 12.0 Å². The number of carbonyl (C=O) groups excluding carboxylic acids is 1. The van der Waals surface area contributed by atoms with Crippen LogP contribution in [0.15, 0.2) is 83.9 Å². The summed E-state index contributed by atoms with van der Waals surface area (Å²) in [6.45, 7) is 0.601. The van der Waals surface area contributed by atoms with Gasteiger partial charge in [0.1, 0.15) is 0 Å². The zero-order valence-corrected chi connectivity index (χ0v) is 23.3. The van der Waals surface area contributed by atoms with Gasteiger partial charge in [0, 0.05) is 52.0 Å². The maximum Gasteiger partial charge on any atom is 0.243 e. The molecule has 4 rings (SSSR count). The maximum atomic E-state index is 13.4. The van der Waals surface area contributed by atoms with Gasteiger partial charge in [-0.3, -0.25) is 9.78 Å². The van der Waals surface area contributed by atoms with Gasteiger partial charge >= 0.3 is 0 Å². The second kappa shape index (κ2) is 12.8. The van der Waals surface area contributed by atoms with E-state index in [-0.39, 0.29) is 18.0 Å². The fourth-order valence-corrected chi connectivity index (χ4v) is 5.74. The number of fused-ring (bicyclic) bond motifs is 1. The number of anilines is 1. The zero-order chi connectivity index (χ0) is 27.1. The van der Waals surface area contributed by atoms with Gasteiger partial charge in [0.15, 0.2) is 0 Å². The molecule has 4 aromatic rings. The number of carbonyl (C=O) groups is 1. The molecule has 0 atom stereocenters. The van der Waals surface area contributed by atoms with Gasteiger partial charge in [0.2, 0.25) is 15.9 Å². The first kappa shape index (κ1) is 28.1. The zero-order valence-electron chi connectivity index (χ0n) is 20.2. The fraction of sp³-hybridized carbons (Fsp3) is 0.185. The number of pyridine rings is 1. The van der Waals surface area contributed by atoms with Crippen LogP contribution < -0.4 is 10.6 Å². The van der Waals surface area contributed by atoms with Gasteiger partial charge in [0.25, 0.3) is 0 Å². The lowest BCUT2D eigenvalue weighted by Crippen LogP contribution is -2.40. The molecule has 0 aliphatic carbocycles. The standard InChI is InChI=1S/C27H25Cl3N4O3S/c28-20-5-8-23(9-6-20)38(36,37)34(17-19-3-1-4-21(29)15-19)18-27(35)33-13-2-12-31-25-11-14-32-26-16-22(30)7-10-24(25)26/h1,3-11,14-16H,2,12-13,17-18H2,(H,31,32)(H,33,35). The van der Waals surface area contributed by atoms with Crippen LogP contribution in [0.25, 0.3) is 10.9 Å². The first-order chi connectivity index (χ1) is 18.2. The number of halogens is 3. The Morgan fingerprint density at radius 3 is 2.37 bits per heavy atom. The first-order valence-corrected chi connectivity index (χ1v) is 14.3. The van der Waals surface area contributed by atoms with Crippen molar-refractivity contribution in [1.29, 1.82) is 0 Å². The van der Waals surface area contributed by atoms with E-state index in [0.29, 0.717) is 40.1 Å². The molecule has 198 valence electrons.